The minimum absolute atomic E-state index is 0.0802. The van der Waals surface area contributed by atoms with Crippen molar-refractivity contribution in [1.82, 2.24) is 15.0 Å². The number of hydrogen-bond donors (Lipinski definition) is 1. The zero-order chi connectivity index (χ0) is 22.7. The van der Waals surface area contributed by atoms with Crippen LogP contribution in [0.1, 0.15) is 16.2 Å². The van der Waals surface area contributed by atoms with Crippen LogP contribution in [0.4, 0.5) is 15.8 Å². The predicted octanol–water partition coefficient (Wildman–Crippen LogP) is 4.67. The third-order valence-corrected chi connectivity index (χ3v) is 4.54. The third-order valence-electron chi connectivity index (χ3n) is 4.54. The summed E-state index contributed by atoms with van der Waals surface area (Å²) in [7, 11) is 0. The third kappa shape index (κ3) is 4.43. The van der Waals surface area contributed by atoms with Crippen molar-refractivity contribution in [3.63, 3.8) is 0 Å². The molecule has 0 radical (unpaired) electrons. The summed E-state index contributed by atoms with van der Waals surface area (Å²) in [5.41, 5.74) is 1.32. The van der Waals surface area contributed by atoms with Crippen molar-refractivity contribution in [3.05, 3.63) is 100 Å². The Morgan fingerprint density at radius 3 is 2.53 bits per heavy atom. The summed E-state index contributed by atoms with van der Waals surface area (Å²) in [5.74, 6) is -0.0607. The molecule has 1 heterocycles. The number of rotatable bonds is 6. The van der Waals surface area contributed by atoms with Crippen LogP contribution in [-0.2, 0) is 0 Å². The van der Waals surface area contributed by atoms with Gasteiger partial charge in [0.05, 0.1) is 16.3 Å². The van der Waals surface area contributed by atoms with Crippen molar-refractivity contribution in [2.24, 2.45) is 0 Å². The molecule has 0 unspecified atom stereocenters. The van der Waals surface area contributed by atoms with Crippen LogP contribution < -0.4 is 10.1 Å². The van der Waals surface area contributed by atoms with Crippen LogP contribution in [0.5, 0.6) is 11.5 Å². The molecule has 0 saturated carbocycles. The zero-order valence-corrected chi connectivity index (χ0v) is 16.7. The summed E-state index contributed by atoms with van der Waals surface area (Å²) >= 11 is 0. The summed E-state index contributed by atoms with van der Waals surface area (Å²) < 4.78 is 20.2. The molecule has 1 aromatic heterocycles. The number of carbonyl (C=O) groups is 1. The zero-order valence-electron chi connectivity index (χ0n) is 16.7. The molecule has 4 aromatic rings. The number of halogens is 1. The molecule has 0 aliphatic heterocycles. The van der Waals surface area contributed by atoms with E-state index in [2.05, 4.69) is 15.6 Å². The first-order chi connectivity index (χ1) is 15.4. The summed E-state index contributed by atoms with van der Waals surface area (Å²) in [6.45, 7) is 1.64. The van der Waals surface area contributed by atoms with E-state index in [4.69, 9.17) is 4.74 Å². The van der Waals surface area contributed by atoms with Gasteiger partial charge in [-0.3, -0.25) is 14.9 Å². The Bertz CT molecular complexity index is 1300. The first kappa shape index (κ1) is 20.7. The fourth-order valence-corrected chi connectivity index (χ4v) is 2.99. The summed E-state index contributed by atoms with van der Waals surface area (Å²) in [6.07, 6.45) is 0. The maximum absolute atomic E-state index is 13.3. The normalized spacial score (nSPS) is 10.6. The van der Waals surface area contributed by atoms with Gasteiger partial charge in [0, 0.05) is 23.9 Å². The highest BCUT2D eigenvalue weighted by atomic mass is 19.1. The monoisotopic (exact) mass is 433 g/mol. The molecule has 1 N–H and O–H groups in total. The molecule has 0 bridgehead atoms. The number of aromatic nitrogens is 3. The van der Waals surface area contributed by atoms with E-state index in [1.54, 1.807) is 49.4 Å². The fourth-order valence-electron chi connectivity index (χ4n) is 2.99. The van der Waals surface area contributed by atoms with E-state index in [1.165, 1.54) is 35.0 Å². The number of nitro benzene ring substituents is 1. The second-order valence-electron chi connectivity index (χ2n) is 6.75. The van der Waals surface area contributed by atoms with Gasteiger partial charge in [-0.2, -0.15) is 0 Å². The summed E-state index contributed by atoms with van der Waals surface area (Å²) in [6, 6.07) is 18.2. The van der Waals surface area contributed by atoms with Gasteiger partial charge in [-0.15, -0.1) is 5.10 Å². The number of non-ortho nitro benzene ring substituents is 1. The number of nitro groups is 1. The Morgan fingerprint density at radius 2 is 1.81 bits per heavy atom. The van der Waals surface area contributed by atoms with Crippen LogP contribution in [0.15, 0.2) is 72.8 Å². The molecule has 3 aromatic carbocycles. The molecular weight excluding hydrogens is 417 g/mol. The Hall–Kier alpha value is -4.60. The maximum atomic E-state index is 13.3. The first-order valence-electron chi connectivity index (χ1n) is 9.43. The summed E-state index contributed by atoms with van der Waals surface area (Å²) in [5, 5.41) is 21.6. The Morgan fingerprint density at radius 1 is 1.06 bits per heavy atom. The average molecular weight is 433 g/mol. The molecule has 0 fully saturated rings. The van der Waals surface area contributed by atoms with Crippen molar-refractivity contribution in [2.75, 3.05) is 5.32 Å². The lowest BCUT2D eigenvalue weighted by Crippen LogP contribution is -2.14. The van der Waals surface area contributed by atoms with Gasteiger partial charge >= 0.3 is 0 Å². The molecule has 160 valence electrons. The number of carbonyl (C=O) groups excluding carboxylic acids is 1. The Labute approximate surface area is 181 Å². The lowest BCUT2D eigenvalue weighted by atomic mass is 10.2. The Kier molecular flexibility index (Phi) is 5.58. The van der Waals surface area contributed by atoms with E-state index < -0.39 is 16.6 Å². The van der Waals surface area contributed by atoms with Crippen molar-refractivity contribution in [3.8, 4) is 17.2 Å². The number of amides is 1. The number of benzene rings is 3. The SMILES string of the molecule is Cc1c(C(=O)Nc2ccc(Oc3cccc(F)c3)cc2)nnn1-c1cccc([N+](=O)[O-])c1. The molecule has 0 aliphatic rings. The number of nitrogens with zero attached hydrogens (tertiary/aromatic N) is 4. The molecular formula is C22H16FN5O4. The molecule has 1 amide bonds. The molecule has 4 rings (SSSR count). The van der Waals surface area contributed by atoms with E-state index in [1.807, 2.05) is 0 Å². The highest BCUT2D eigenvalue weighted by molar-refractivity contribution is 6.03. The van der Waals surface area contributed by atoms with Crippen molar-refractivity contribution >= 4 is 17.3 Å². The smallest absolute Gasteiger partial charge is 0.278 e. The van der Waals surface area contributed by atoms with E-state index in [9.17, 15) is 19.3 Å². The van der Waals surface area contributed by atoms with Gasteiger partial charge in [-0.1, -0.05) is 17.3 Å². The lowest BCUT2D eigenvalue weighted by Gasteiger charge is -2.08. The average Bonchev–Trinajstić information content (AvgIpc) is 3.16. The molecule has 0 spiro atoms. The van der Waals surface area contributed by atoms with Gasteiger partial charge < -0.3 is 10.1 Å². The molecule has 10 heteroatoms. The molecule has 0 atom stereocenters. The minimum atomic E-state index is -0.509. The molecule has 32 heavy (non-hydrogen) atoms. The van der Waals surface area contributed by atoms with Crippen LogP contribution in [0, 0.1) is 22.9 Å². The van der Waals surface area contributed by atoms with Gasteiger partial charge in [-0.05, 0) is 49.4 Å². The van der Waals surface area contributed by atoms with Crippen LogP contribution in [-0.4, -0.2) is 25.8 Å². The van der Waals surface area contributed by atoms with Crippen LogP contribution in [0.3, 0.4) is 0 Å². The minimum Gasteiger partial charge on any atom is -0.457 e. The quantitative estimate of drug-likeness (QED) is 0.349. The number of nitrogens with one attached hydrogen (secondary N) is 1. The topological polar surface area (TPSA) is 112 Å². The lowest BCUT2D eigenvalue weighted by molar-refractivity contribution is -0.384. The van der Waals surface area contributed by atoms with E-state index in [0.717, 1.165) is 0 Å². The van der Waals surface area contributed by atoms with Crippen molar-refractivity contribution in [2.45, 2.75) is 6.92 Å². The summed E-state index contributed by atoms with van der Waals surface area (Å²) in [4.78, 5) is 23.1. The highest BCUT2D eigenvalue weighted by Crippen LogP contribution is 2.24. The van der Waals surface area contributed by atoms with Crippen LogP contribution in [0.2, 0.25) is 0 Å². The largest absolute Gasteiger partial charge is 0.457 e. The van der Waals surface area contributed by atoms with Crippen LogP contribution >= 0.6 is 0 Å². The standard InChI is InChI=1S/C22H16FN5O4/c1-14-21(25-26-27(14)17-5-3-6-18(13-17)28(30)31)22(29)24-16-8-10-19(11-9-16)32-20-7-2-4-15(23)12-20/h2-13H,1H3,(H,24,29). The van der Waals surface area contributed by atoms with E-state index in [0.29, 0.717) is 28.6 Å². The predicted molar refractivity (Wildman–Crippen MR) is 114 cm³/mol. The Balaban J connectivity index is 1.47. The van der Waals surface area contributed by atoms with Crippen molar-refractivity contribution < 1.29 is 18.8 Å². The highest BCUT2D eigenvalue weighted by Gasteiger charge is 2.18. The molecule has 0 saturated heterocycles. The first-order valence-corrected chi connectivity index (χ1v) is 9.43. The number of anilines is 1. The number of hydrogen-bond acceptors (Lipinski definition) is 6. The molecule has 9 nitrogen and oxygen atoms in total. The van der Waals surface area contributed by atoms with Crippen LogP contribution in [0.25, 0.3) is 5.69 Å². The van der Waals surface area contributed by atoms with Gasteiger partial charge in [-0.25, -0.2) is 9.07 Å². The second-order valence-corrected chi connectivity index (χ2v) is 6.75. The maximum Gasteiger partial charge on any atom is 0.278 e. The van der Waals surface area contributed by atoms with Gasteiger partial charge in [0.1, 0.15) is 17.3 Å². The van der Waals surface area contributed by atoms with E-state index >= 15 is 0 Å². The van der Waals surface area contributed by atoms with Crippen molar-refractivity contribution in [1.29, 1.82) is 0 Å². The van der Waals surface area contributed by atoms with Gasteiger partial charge in [0.25, 0.3) is 11.6 Å². The second kappa shape index (κ2) is 8.64. The van der Waals surface area contributed by atoms with Gasteiger partial charge in [0.2, 0.25) is 0 Å². The van der Waals surface area contributed by atoms with E-state index in [-0.39, 0.29) is 11.4 Å². The number of ether oxygens (including phenoxy) is 1. The molecule has 0 aliphatic carbocycles. The fraction of sp³-hybridized carbons (Fsp3) is 0.0455. The van der Waals surface area contributed by atoms with Gasteiger partial charge in [0.15, 0.2) is 5.69 Å².